The van der Waals surface area contributed by atoms with Gasteiger partial charge in [0.15, 0.2) is 11.3 Å². The van der Waals surface area contributed by atoms with Crippen molar-refractivity contribution in [2.45, 2.75) is 12.8 Å². The number of benzene rings is 2. The molecule has 0 aliphatic heterocycles. The predicted octanol–water partition coefficient (Wildman–Crippen LogP) is 4.99. The van der Waals surface area contributed by atoms with E-state index in [1.165, 1.54) is 6.07 Å². The molecule has 6 heteroatoms. The van der Waals surface area contributed by atoms with E-state index in [-0.39, 0.29) is 0 Å². The first-order valence-corrected chi connectivity index (χ1v) is 8.82. The van der Waals surface area contributed by atoms with E-state index in [1.807, 2.05) is 30.3 Å². The molecule has 26 heavy (non-hydrogen) atoms. The minimum absolute atomic E-state index is 0.368. The Hall–Kier alpha value is -2.66. The van der Waals surface area contributed by atoms with Gasteiger partial charge < -0.3 is 19.2 Å². The van der Waals surface area contributed by atoms with Gasteiger partial charge in [0.2, 0.25) is 5.75 Å². The summed E-state index contributed by atoms with van der Waals surface area (Å²) in [5.41, 5.74) is 1.20. The Morgan fingerprint density at radius 2 is 2.00 bits per heavy atom. The third kappa shape index (κ3) is 3.35. The topological polar surface area (TPSA) is 60.7 Å². The van der Waals surface area contributed by atoms with Crippen LogP contribution < -0.4 is 20.4 Å². The second-order valence-electron chi connectivity index (χ2n) is 6.31. The standard InChI is InChI=1S/C20H18ClNO4/c1-24-17-9-8-13-16(22-15-5-3-2-4-14(15)21)10-18(23)26-19(13)20(17)25-11-12-6-7-12/h2-5,8-10,12,22H,6-7,11H2,1H3. The second-order valence-corrected chi connectivity index (χ2v) is 6.72. The van der Waals surface area contributed by atoms with E-state index >= 15 is 0 Å². The molecule has 3 aromatic rings. The monoisotopic (exact) mass is 371 g/mol. The molecule has 0 radical (unpaired) electrons. The summed E-state index contributed by atoms with van der Waals surface area (Å²) < 4.78 is 16.8. The number of para-hydroxylation sites is 1. The Morgan fingerprint density at radius 1 is 1.19 bits per heavy atom. The predicted molar refractivity (Wildman–Crippen MR) is 102 cm³/mol. The van der Waals surface area contributed by atoms with Crippen molar-refractivity contribution in [3.05, 3.63) is 57.9 Å². The third-order valence-electron chi connectivity index (χ3n) is 4.35. The lowest BCUT2D eigenvalue weighted by Crippen LogP contribution is -2.05. The van der Waals surface area contributed by atoms with Gasteiger partial charge in [0.25, 0.3) is 0 Å². The summed E-state index contributed by atoms with van der Waals surface area (Å²) in [4.78, 5) is 12.1. The molecule has 1 fully saturated rings. The van der Waals surface area contributed by atoms with E-state index in [2.05, 4.69) is 5.32 Å². The van der Waals surface area contributed by atoms with Crippen molar-refractivity contribution in [3.63, 3.8) is 0 Å². The molecule has 0 atom stereocenters. The van der Waals surface area contributed by atoms with Gasteiger partial charge >= 0.3 is 5.63 Å². The van der Waals surface area contributed by atoms with Crippen LogP contribution in [-0.2, 0) is 0 Å². The first kappa shape index (κ1) is 16.8. The van der Waals surface area contributed by atoms with Crippen molar-refractivity contribution in [1.82, 2.24) is 0 Å². The minimum atomic E-state index is -0.475. The number of methoxy groups -OCH3 is 1. The highest BCUT2D eigenvalue weighted by Gasteiger charge is 2.24. The number of ether oxygens (including phenoxy) is 2. The molecular weight excluding hydrogens is 354 g/mol. The van der Waals surface area contributed by atoms with Crippen molar-refractivity contribution in [1.29, 1.82) is 0 Å². The van der Waals surface area contributed by atoms with Crippen LogP contribution in [0.15, 0.2) is 51.7 Å². The third-order valence-corrected chi connectivity index (χ3v) is 4.68. The number of rotatable bonds is 6. The van der Waals surface area contributed by atoms with Gasteiger partial charge in [-0.1, -0.05) is 23.7 Å². The van der Waals surface area contributed by atoms with Crippen LogP contribution in [0.1, 0.15) is 12.8 Å². The molecule has 1 N–H and O–H groups in total. The fraction of sp³-hybridized carbons (Fsp3) is 0.250. The molecule has 1 aliphatic rings. The van der Waals surface area contributed by atoms with Crippen LogP contribution in [0, 0.1) is 5.92 Å². The normalized spacial score (nSPS) is 13.6. The maximum atomic E-state index is 12.1. The number of fused-ring (bicyclic) bond motifs is 1. The van der Waals surface area contributed by atoms with Crippen molar-refractivity contribution in [3.8, 4) is 11.5 Å². The van der Waals surface area contributed by atoms with Gasteiger partial charge in [0.1, 0.15) is 0 Å². The lowest BCUT2D eigenvalue weighted by Gasteiger charge is -2.15. The maximum Gasteiger partial charge on any atom is 0.338 e. The fourth-order valence-corrected chi connectivity index (χ4v) is 2.96. The zero-order chi connectivity index (χ0) is 18.1. The molecule has 134 valence electrons. The van der Waals surface area contributed by atoms with E-state index in [0.29, 0.717) is 46.0 Å². The van der Waals surface area contributed by atoms with Gasteiger partial charge in [-0.2, -0.15) is 0 Å². The SMILES string of the molecule is COc1ccc2c(Nc3ccccc3Cl)cc(=O)oc2c1OCC1CC1. The van der Waals surface area contributed by atoms with Crippen LogP contribution in [0.5, 0.6) is 11.5 Å². The highest BCUT2D eigenvalue weighted by Crippen LogP contribution is 2.40. The van der Waals surface area contributed by atoms with Crippen molar-refractivity contribution in [2.24, 2.45) is 5.92 Å². The van der Waals surface area contributed by atoms with Gasteiger partial charge in [-0.05, 0) is 43.0 Å². The molecule has 0 unspecified atom stereocenters. The molecule has 1 heterocycles. The number of hydrogen-bond acceptors (Lipinski definition) is 5. The highest BCUT2D eigenvalue weighted by molar-refractivity contribution is 6.33. The highest BCUT2D eigenvalue weighted by atomic mass is 35.5. The molecule has 5 nitrogen and oxygen atoms in total. The van der Waals surface area contributed by atoms with Gasteiger partial charge in [-0.15, -0.1) is 0 Å². The summed E-state index contributed by atoms with van der Waals surface area (Å²) in [5, 5.41) is 4.49. The zero-order valence-corrected chi connectivity index (χ0v) is 15.0. The van der Waals surface area contributed by atoms with Crippen LogP contribution >= 0.6 is 11.6 Å². The van der Waals surface area contributed by atoms with Gasteiger partial charge in [0, 0.05) is 11.5 Å². The molecule has 4 rings (SSSR count). The summed E-state index contributed by atoms with van der Waals surface area (Å²) in [6.45, 7) is 0.585. The van der Waals surface area contributed by atoms with Crippen LogP contribution in [0.3, 0.4) is 0 Å². The second kappa shape index (κ2) is 6.92. The minimum Gasteiger partial charge on any atom is -0.493 e. The lowest BCUT2D eigenvalue weighted by molar-refractivity contribution is 0.279. The molecule has 0 amide bonds. The fourth-order valence-electron chi connectivity index (χ4n) is 2.78. The quantitative estimate of drug-likeness (QED) is 0.619. The van der Waals surface area contributed by atoms with E-state index in [0.717, 1.165) is 18.2 Å². The summed E-state index contributed by atoms with van der Waals surface area (Å²) in [7, 11) is 1.56. The molecule has 0 spiro atoms. The van der Waals surface area contributed by atoms with Gasteiger partial charge in [-0.3, -0.25) is 0 Å². The Labute approximate surface area is 155 Å². The maximum absolute atomic E-state index is 12.1. The molecular formula is C20H18ClNO4. The Balaban J connectivity index is 1.82. The summed E-state index contributed by atoms with van der Waals surface area (Å²) in [6.07, 6.45) is 2.33. The van der Waals surface area contributed by atoms with E-state index < -0.39 is 5.63 Å². The summed E-state index contributed by atoms with van der Waals surface area (Å²) >= 11 is 6.23. The number of nitrogens with one attached hydrogen (secondary N) is 1. The average Bonchev–Trinajstić information content (AvgIpc) is 3.46. The summed E-state index contributed by atoms with van der Waals surface area (Å²) in [5.74, 6) is 1.55. The Kier molecular flexibility index (Phi) is 4.47. The largest absolute Gasteiger partial charge is 0.493 e. The molecule has 1 saturated carbocycles. The van der Waals surface area contributed by atoms with Crippen molar-refractivity contribution in [2.75, 3.05) is 19.0 Å². The molecule has 1 aliphatic carbocycles. The number of halogens is 1. The molecule has 1 aromatic heterocycles. The Morgan fingerprint density at radius 3 is 2.73 bits per heavy atom. The molecule has 0 saturated heterocycles. The summed E-state index contributed by atoms with van der Waals surface area (Å²) in [6, 6.07) is 12.4. The van der Waals surface area contributed by atoms with E-state index in [1.54, 1.807) is 13.2 Å². The van der Waals surface area contributed by atoms with Crippen molar-refractivity contribution >= 4 is 33.9 Å². The first-order chi connectivity index (χ1) is 12.7. The zero-order valence-electron chi connectivity index (χ0n) is 14.3. The molecule has 2 aromatic carbocycles. The Bertz CT molecular complexity index is 1010. The van der Waals surface area contributed by atoms with E-state index in [9.17, 15) is 4.79 Å². The van der Waals surface area contributed by atoms with Crippen LogP contribution in [0.4, 0.5) is 11.4 Å². The average molecular weight is 372 g/mol. The van der Waals surface area contributed by atoms with Crippen LogP contribution in [-0.4, -0.2) is 13.7 Å². The van der Waals surface area contributed by atoms with Crippen molar-refractivity contribution < 1.29 is 13.9 Å². The first-order valence-electron chi connectivity index (χ1n) is 8.45. The number of anilines is 2. The van der Waals surface area contributed by atoms with Gasteiger partial charge in [0.05, 0.1) is 30.1 Å². The smallest absolute Gasteiger partial charge is 0.338 e. The molecule has 0 bridgehead atoms. The van der Waals surface area contributed by atoms with E-state index in [4.69, 9.17) is 25.5 Å². The van der Waals surface area contributed by atoms with Crippen LogP contribution in [0.25, 0.3) is 11.0 Å². The van der Waals surface area contributed by atoms with Crippen LogP contribution in [0.2, 0.25) is 5.02 Å². The van der Waals surface area contributed by atoms with Gasteiger partial charge in [-0.25, -0.2) is 4.79 Å². The lowest BCUT2D eigenvalue weighted by atomic mass is 10.1. The number of hydrogen-bond donors (Lipinski definition) is 1.